The van der Waals surface area contributed by atoms with Crippen molar-refractivity contribution < 1.29 is 41.9 Å². The van der Waals surface area contributed by atoms with Crippen LogP contribution in [0.2, 0.25) is 0 Å². The Kier molecular flexibility index (Phi) is 10.9. The number of rotatable bonds is 7. The second-order valence-electron chi connectivity index (χ2n) is 16.3. The Morgan fingerprint density at radius 1 is 1.04 bits per heavy atom. The average Bonchev–Trinajstić information content (AvgIpc) is 3.91. The lowest BCUT2D eigenvalue weighted by atomic mass is 10.0. The normalized spacial score (nSPS) is 28.3. The molecule has 0 spiro atoms. The van der Waals surface area contributed by atoms with Crippen molar-refractivity contribution in [2.75, 3.05) is 6.54 Å². The molecule has 0 bridgehead atoms. The van der Waals surface area contributed by atoms with Gasteiger partial charge in [0.1, 0.15) is 29.3 Å². The number of nitrogens with zero attached hydrogens (tertiary/aromatic N) is 2. The maximum absolute atomic E-state index is 14.4. The standard InChI is InChI=1S/C38H53N5O9S/c1-5-17-37(18-19-37)53(49,50)41-33(46)38-21-27(38)15-9-7-6-8-10-16-29(39-34(47)52-36(2,3)4)32(45)43-24-28(20-30(43)31(44)40-38)51-35(48)42-22-25-13-11-12-14-26(25)23-42/h9,11-15,27-30H,5-8,10,16-24H2,1-4H3,(H,39,47)(H,40,44)(H,41,46)/t27-,28-,29+,30+,38-/m1/s1. The Balaban J connectivity index is 1.25. The number of allylic oxidation sites excluding steroid dienone is 1. The van der Waals surface area contributed by atoms with E-state index in [2.05, 4.69) is 15.4 Å². The summed E-state index contributed by atoms with van der Waals surface area (Å²) in [5, 5.41) is 5.57. The second kappa shape index (κ2) is 14.9. The molecule has 53 heavy (non-hydrogen) atoms. The lowest BCUT2D eigenvalue weighted by Crippen LogP contribution is -2.58. The largest absolute Gasteiger partial charge is 0.444 e. The van der Waals surface area contributed by atoms with Gasteiger partial charge in [-0.2, -0.15) is 0 Å². The molecule has 1 aromatic carbocycles. The Hall–Kier alpha value is -4.14. The third-order valence-corrected chi connectivity index (χ3v) is 13.2. The SMILES string of the molecule is CCCC1(S(=O)(=O)NC(=O)[C@@]23C[C@H]2C=CCCCCC[C@H](NC(=O)OC(C)(C)C)C(=O)N2C[C@H](OC(=O)N4Cc5ccccc5C4)C[C@H]2C(=O)N3)CC1. The van der Waals surface area contributed by atoms with Gasteiger partial charge in [0.15, 0.2) is 0 Å². The molecule has 6 rings (SSSR count). The van der Waals surface area contributed by atoms with Crippen LogP contribution in [0.1, 0.15) is 109 Å². The minimum absolute atomic E-state index is 0.0562. The van der Waals surface area contributed by atoms with E-state index < -0.39 is 79.9 Å². The summed E-state index contributed by atoms with van der Waals surface area (Å²) in [7, 11) is -4.02. The van der Waals surface area contributed by atoms with Gasteiger partial charge in [0, 0.05) is 25.4 Å². The van der Waals surface area contributed by atoms with Crippen molar-refractivity contribution in [2.45, 2.75) is 145 Å². The number of fused-ring (bicyclic) bond motifs is 3. The molecule has 5 aliphatic rings. The van der Waals surface area contributed by atoms with Crippen molar-refractivity contribution in [2.24, 2.45) is 5.92 Å². The van der Waals surface area contributed by atoms with Crippen LogP contribution in [0.25, 0.3) is 0 Å². The molecule has 5 atom stereocenters. The first-order valence-corrected chi connectivity index (χ1v) is 20.4. The van der Waals surface area contributed by atoms with E-state index in [1.54, 1.807) is 25.7 Å². The topological polar surface area (TPSA) is 181 Å². The number of ether oxygens (including phenoxy) is 2. The van der Waals surface area contributed by atoms with Crippen LogP contribution in [0, 0.1) is 5.92 Å². The molecular weight excluding hydrogens is 703 g/mol. The molecule has 3 heterocycles. The maximum atomic E-state index is 14.4. The van der Waals surface area contributed by atoms with Gasteiger partial charge in [0.05, 0.1) is 11.3 Å². The monoisotopic (exact) mass is 755 g/mol. The Bertz CT molecular complexity index is 1730. The highest BCUT2D eigenvalue weighted by molar-refractivity contribution is 7.91. The zero-order chi connectivity index (χ0) is 38.2. The smallest absolute Gasteiger partial charge is 0.410 e. The van der Waals surface area contributed by atoms with Crippen LogP contribution in [-0.2, 0) is 47.0 Å². The van der Waals surface area contributed by atoms with Gasteiger partial charge in [0.25, 0.3) is 5.91 Å². The van der Waals surface area contributed by atoms with Crippen molar-refractivity contribution in [1.82, 2.24) is 25.2 Å². The first-order chi connectivity index (χ1) is 25.1. The number of carbonyl (C=O) groups excluding carboxylic acids is 5. The number of carbonyl (C=O) groups is 5. The molecule has 15 heteroatoms. The molecule has 0 aromatic heterocycles. The van der Waals surface area contributed by atoms with Crippen molar-refractivity contribution in [1.29, 1.82) is 0 Å². The van der Waals surface area contributed by atoms with Gasteiger partial charge in [-0.1, -0.05) is 62.6 Å². The summed E-state index contributed by atoms with van der Waals surface area (Å²) >= 11 is 0. The summed E-state index contributed by atoms with van der Waals surface area (Å²) in [4.78, 5) is 71.8. The van der Waals surface area contributed by atoms with Crippen molar-refractivity contribution in [3.8, 4) is 0 Å². The van der Waals surface area contributed by atoms with E-state index in [1.165, 1.54) is 4.90 Å². The second-order valence-corrected chi connectivity index (χ2v) is 18.4. The van der Waals surface area contributed by atoms with Crippen LogP contribution in [0.5, 0.6) is 0 Å². The molecule has 3 aliphatic heterocycles. The third kappa shape index (κ3) is 8.49. The van der Waals surface area contributed by atoms with Crippen LogP contribution in [0.15, 0.2) is 36.4 Å². The minimum atomic E-state index is -4.02. The van der Waals surface area contributed by atoms with Gasteiger partial charge in [0.2, 0.25) is 21.8 Å². The van der Waals surface area contributed by atoms with Crippen LogP contribution >= 0.6 is 0 Å². The predicted octanol–water partition coefficient (Wildman–Crippen LogP) is 4.18. The average molecular weight is 756 g/mol. The molecule has 14 nitrogen and oxygen atoms in total. The van der Waals surface area contributed by atoms with E-state index in [-0.39, 0.29) is 25.8 Å². The molecule has 0 radical (unpaired) electrons. The Morgan fingerprint density at radius 2 is 1.74 bits per heavy atom. The van der Waals surface area contributed by atoms with Gasteiger partial charge in [-0.25, -0.2) is 18.0 Å². The zero-order valence-corrected chi connectivity index (χ0v) is 32.0. The Labute approximate surface area is 311 Å². The molecule has 0 unspecified atom stereocenters. The molecule has 1 aromatic rings. The highest BCUT2D eigenvalue weighted by Gasteiger charge is 2.63. The van der Waals surface area contributed by atoms with E-state index in [0.29, 0.717) is 51.6 Å². The Morgan fingerprint density at radius 3 is 2.38 bits per heavy atom. The minimum Gasteiger partial charge on any atom is -0.444 e. The lowest BCUT2D eigenvalue weighted by Gasteiger charge is -2.30. The first kappa shape index (κ1) is 38.6. The van der Waals surface area contributed by atoms with Gasteiger partial charge in [-0.05, 0) is 76.8 Å². The molecule has 2 aliphatic carbocycles. The number of sulfonamides is 1. The molecule has 5 amide bonds. The zero-order valence-electron chi connectivity index (χ0n) is 31.1. The number of hydrogen-bond acceptors (Lipinski definition) is 9. The van der Waals surface area contributed by atoms with E-state index >= 15 is 0 Å². The quantitative estimate of drug-likeness (QED) is 0.344. The van der Waals surface area contributed by atoms with E-state index in [1.807, 2.05) is 43.3 Å². The van der Waals surface area contributed by atoms with Gasteiger partial charge >= 0.3 is 12.2 Å². The van der Waals surface area contributed by atoms with E-state index in [0.717, 1.165) is 24.0 Å². The van der Waals surface area contributed by atoms with Crippen LogP contribution < -0.4 is 15.4 Å². The van der Waals surface area contributed by atoms with E-state index in [9.17, 15) is 32.4 Å². The lowest BCUT2D eigenvalue weighted by molar-refractivity contribution is -0.141. The predicted molar refractivity (Wildman–Crippen MR) is 194 cm³/mol. The first-order valence-electron chi connectivity index (χ1n) is 18.9. The van der Waals surface area contributed by atoms with Crippen LogP contribution in [-0.4, -0.2) is 88.7 Å². The van der Waals surface area contributed by atoms with Gasteiger partial charge in [-0.15, -0.1) is 0 Å². The fourth-order valence-corrected chi connectivity index (χ4v) is 9.62. The molecule has 290 valence electrons. The maximum Gasteiger partial charge on any atom is 0.410 e. The highest BCUT2D eigenvalue weighted by atomic mass is 32.2. The summed E-state index contributed by atoms with van der Waals surface area (Å²) in [5.41, 5.74) is -0.338. The number of amides is 5. The summed E-state index contributed by atoms with van der Waals surface area (Å²) in [6.07, 6.45) is 6.81. The summed E-state index contributed by atoms with van der Waals surface area (Å²) in [5.74, 6) is -2.47. The number of hydrogen-bond donors (Lipinski definition) is 3. The fourth-order valence-electron chi connectivity index (χ4n) is 7.86. The molecular formula is C38H53N5O9S. The summed E-state index contributed by atoms with van der Waals surface area (Å²) < 4.78 is 39.6. The summed E-state index contributed by atoms with van der Waals surface area (Å²) in [6.45, 7) is 7.66. The fraction of sp³-hybridized carbons (Fsp3) is 0.658. The molecule has 2 saturated carbocycles. The van der Waals surface area contributed by atoms with Crippen molar-refractivity contribution >= 4 is 39.9 Å². The highest BCUT2D eigenvalue weighted by Crippen LogP contribution is 2.49. The third-order valence-electron chi connectivity index (χ3n) is 11.0. The van der Waals surface area contributed by atoms with Crippen LogP contribution in [0.3, 0.4) is 0 Å². The van der Waals surface area contributed by atoms with Gasteiger partial charge < -0.3 is 25.0 Å². The summed E-state index contributed by atoms with van der Waals surface area (Å²) in [6, 6.07) is 5.49. The number of nitrogens with one attached hydrogen (secondary N) is 3. The van der Waals surface area contributed by atoms with Crippen LogP contribution in [0.4, 0.5) is 9.59 Å². The van der Waals surface area contributed by atoms with E-state index in [4.69, 9.17) is 9.47 Å². The van der Waals surface area contributed by atoms with Gasteiger partial charge in [-0.3, -0.25) is 24.0 Å². The van der Waals surface area contributed by atoms with Crippen molar-refractivity contribution in [3.63, 3.8) is 0 Å². The molecule has 3 fully saturated rings. The van der Waals surface area contributed by atoms with Crippen molar-refractivity contribution in [3.05, 3.63) is 47.5 Å². The number of benzene rings is 1. The molecule has 3 N–H and O–H groups in total. The number of alkyl carbamates (subject to hydrolysis) is 1. The molecule has 1 saturated heterocycles.